The van der Waals surface area contributed by atoms with Gasteiger partial charge in [-0.3, -0.25) is 4.79 Å². The van der Waals surface area contributed by atoms with Crippen LogP contribution in [-0.4, -0.2) is 30.1 Å². The fraction of sp³-hybridized carbons (Fsp3) is 0.533. The minimum atomic E-state index is -0.862. The Morgan fingerprint density at radius 1 is 1.20 bits per heavy atom. The number of benzene rings is 1. The molecule has 2 aliphatic heterocycles. The number of carbonyl (C=O) groups excluding carboxylic acids is 1. The standard InChI is InChI=1S/C15H17F2NO2/c16-11-6-5-10(9-12(11)17)13-3-1-7-18(13)15(19)14-4-2-8-20-14/h5-6,9,13-14H,1-4,7-8H2. The van der Waals surface area contributed by atoms with E-state index in [0.717, 1.165) is 31.7 Å². The van der Waals surface area contributed by atoms with Crippen molar-refractivity contribution in [2.45, 2.75) is 37.8 Å². The summed E-state index contributed by atoms with van der Waals surface area (Å²) >= 11 is 0. The van der Waals surface area contributed by atoms with E-state index >= 15 is 0 Å². The number of likely N-dealkylation sites (tertiary alicyclic amines) is 1. The van der Waals surface area contributed by atoms with Gasteiger partial charge < -0.3 is 9.64 Å². The van der Waals surface area contributed by atoms with Crippen molar-refractivity contribution >= 4 is 5.91 Å². The molecule has 0 radical (unpaired) electrons. The van der Waals surface area contributed by atoms with Crippen LogP contribution in [0.2, 0.25) is 0 Å². The van der Waals surface area contributed by atoms with E-state index < -0.39 is 11.6 Å². The third kappa shape index (κ3) is 2.42. The van der Waals surface area contributed by atoms with Gasteiger partial charge in [0.15, 0.2) is 11.6 Å². The summed E-state index contributed by atoms with van der Waals surface area (Å²) < 4.78 is 31.8. The van der Waals surface area contributed by atoms with Crippen LogP contribution in [0.5, 0.6) is 0 Å². The van der Waals surface area contributed by atoms with Crippen LogP contribution in [0.1, 0.15) is 37.3 Å². The summed E-state index contributed by atoms with van der Waals surface area (Å²) in [5, 5.41) is 0. The van der Waals surface area contributed by atoms with Crippen molar-refractivity contribution < 1.29 is 18.3 Å². The SMILES string of the molecule is O=C(C1CCCO1)N1CCCC1c1ccc(F)c(F)c1. The lowest BCUT2D eigenvalue weighted by atomic mass is 10.0. The van der Waals surface area contributed by atoms with Gasteiger partial charge in [-0.2, -0.15) is 0 Å². The van der Waals surface area contributed by atoms with Crippen LogP contribution < -0.4 is 0 Å². The van der Waals surface area contributed by atoms with Gasteiger partial charge in [0.2, 0.25) is 0 Å². The van der Waals surface area contributed by atoms with Crippen molar-refractivity contribution in [2.24, 2.45) is 0 Å². The number of carbonyl (C=O) groups is 1. The van der Waals surface area contributed by atoms with Gasteiger partial charge in [0.25, 0.3) is 5.91 Å². The maximum absolute atomic E-state index is 13.4. The van der Waals surface area contributed by atoms with Crippen molar-refractivity contribution in [3.8, 4) is 0 Å². The zero-order valence-corrected chi connectivity index (χ0v) is 11.1. The molecule has 2 fully saturated rings. The Morgan fingerprint density at radius 2 is 2.05 bits per heavy atom. The highest BCUT2D eigenvalue weighted by Gasteiger charge is 2.35. The van der Waals surface area contributed by atoms with E-state index in [4.69, 9.17) is 4.74 Å². The molecule has 2 atom stereocenters. The summed E-state index contributed by atoms with van der Waals surface area (Å²) in [6.07, 6.45) is 2.95. The van der Waals surface area contributed by atoms with E-state index in [1.165, 1.54) is 6.07 Å². The lowest BCUT2D eigenvalue weighted by Gasteiger charge is -2.27. The highest BCUT2D eigenvalue weighted by atomic mass is 19.2. The molecule has 0 aromatic heterocycles. The topological polar surface area (TPSA) is 29.5 Å². The smallest absolute Gasteiger partial charge is 0.252 e. The van der Waals surface area contributed by atoms with Crippen LogP contribution in [0.3, 0.4) is 0 Å². The van der Waals surface area contributed by atoms with Crippen molar-refractivity contribution in [3.05, 3.63) is 35.4 Å². The van der Waals surface area contributed by atoms with E-state index in [1.54, 1.807) is 11.0 Å². The molecule has 0 aliphatic carbocycles. The Kier molecular flexibility index (Phi) is 3.70. The second-order valence-electron chi connectivity index (χ2n) is 5.36. The van der Waals surface area contributed by atoms with Crippen LogP contribution in [0.25, 0.3) is 0 Å². The highest BCUT2D eigenvalue weighted by Crippen LogP contribution is 2.34. The first-order chi connectivity index (χ1) is 9.66. The Bertz CT molecular complexity index is 515. The highest BCUT2D eigenvalue weighted by molar-refractivity contribution is 5.82. The van der Waals surface area contributed by atoms with Crippen LogP contribution in [0.15, 0.2) is 18.2 Å². The number of halogens is 2. The fourth-order valence-corrected chi connectivity index (χ4v) is 3.05. The van der Waals surface area contributed by atoms with Gasteiger partial charge in [0, 0.05) is 13.2 Å². The molecule has 2 heterocycles. The third-order valence-electron chi connectivity index (χ3n) is 4.07. The molecule has 2 aliphatic rings. The van der Waals surface area contributed by atoms with Gasteiger partial charge >= 0.3 is 0 Å². The predicted molar refractivity (Wildman–Crippen MR) is 69.0 cm³/mol. The van der Waals surface area contributed by atoms with Crippen molar-refractivity contribution in [1.29, 1.82) is 0 Å². The number of rotatable bonds is 2. The number of hydrogen-bond acceptors (Lipinski definition) is 2. The normalized spacial score (nSPS) is 26.2. The maximum atomic E-state index is 13.4. The first-order valence-corrected chi connectivity index (χ1v) is 7.04. The number of hydrogen-bond donors (Lipinski definition) is 0. The second kappa shape index (κ2) is 5.48. The van der Waals surface area contributed by atoms with Gasteiger partial charge in [-0.05, 0) is 43.4 Å². The van der Waals surface area contributed by atoms with Gasteiger partial charge in [0.1, 0.15) is 6.10 Å². The van der Waals surface area contributed by atoms with Crippen molar-refractivity contribution in [1.82, 2.24) is 4.90 Å². The first kappa shape index (κ1) is 13.5. The molecule has 2 saturated heterocycles. The minimum Gasteiger partial charge on any atom is -0.368 e. The molecule has 3 nitrogen and oxygen atoms in total. The third-order valence-corrected chi connectivity index (χ3v) is 4.07. The molecule has 2 unspecified atom stereocenters. The summed E-state index contributed by atoms with van der Waals surface area (Å²) in [7, 11) is 0. The van der Waals surface area contributed by atoms with Gasteiger partial charge in [-0.1, -0.05) is 6.07 Å². The number of amides is 1. The lowest BCUT2D eigenvalue weighted by molar-refractivity contribution is -0.141. The average Bonchev–Trinajstić information content (AvgIpc) is 3.11. The van der Waals surface area contributed by atoms with Crippen LogP contribution >= 0.6 is 0 Å². The largest absolute Gasteiger partial charge is 0.368 e. The van der Waals surface area contributed by atoms with Crippen molar-refractivity contribution in [2.75, 3.05) is 13.2 Å². The Hall–Kier alpha value is -1.49. The maximum Gasteiger partial charge on any atom is 0.252 e. The second-order valence-corrected chi connectivity index (χ2v) is 5.36. The van der Waals surface area contributed by atoms with E-state index in [9.17, 15) is 13.6 Å². The van der Waals surface area contributed by atoms with Crippen LogP contribution in [0, 0.1) is 11.6 Å². The predicted octanol–water partition coefficient (Wildman–Crippen LogP) is 2.81. The Morgan fingerprint density at radius 3 is 2.75 bits per heavy atom. The molecule has 108 valence electrons. The molecule has 1 aromatic rings. The van der Waals surface area contributed by atoms with Crippen molar-refractivity contribution in [3.63, 3.8) is 0 Å². The molecule has 0 bridgehead atoms. The van der Waals surface area contributed by atoms with Crippen LogP contribution in [0.4, 0.5) is 8.78 Å². The molecule has 1 aromatic carbocycles. The molecular weight excluding hydrogens is 264 g/mol. The Balaban J connectivity index is 1.80. The summed E-state index contributed by atoms with van der Waals surface area (Å²) in [6, 6.07) is 3.71. The fourth-order valence-electron chi connectivity index (χ4n) is 3.05. The monoisotopic (exact) mass is 281 g/mol. The summed E-state index contributed by atoms with van der Waals surface area (Å²) in [5.41, 5.74) is 0.660. The molecule has 5 heteroatoms. The molecular formula is C15H17F2NO2. The molecule has 20 heavy (non-hydrogen) atoms. The number of ether oxygens (including phenoxy) is 1. The molecule has 3 rings (SSSR count). The zero-order chi connectivity index (χ0) is 14.1. The Labute approximate surface area is 116 Å². The number of nitrogens with zero attached hydrogens (tertiary/aromatic N) is 1. The quantitative estimate of drug-likeness (QED) is 0.834. The van der Waals surface area contributed by atoms with Gasteiger partial charge in [0.05, 0.1) is 6.04 Å². The minimum absolute atomic E-state index is 0.0188. The molecule has 0 saturated carbocycles. The van der Waals surface area contributed by atoms with E-state index in [-0.39, 0.29) is 18.1 Å². The van der Waals surface area contributed by atoms with E-state index in [0.29, 0.717) is 18.7 Å². The van der Waals surface area contributed by atoms with Gasteiger partial charge in [-0.15, -0.1) is 0 Å². The molecule has 0 N–H and O–H groups in total. The summed E-state index contributed by atoms with van der Waals surface area (Å²) in [4.78, 5) is 14.2. The average molecular weight is 281 g/mol. The molecule has 1 amide bonds. The van der Waals surface area contributed by atoms with E-state index in [1.807, 2.05) is 0 Å². The molecule has 0 spiro atoms. The summed E-state index contributed by atoms with van der Waals surface area (Å²) in [6.45, 7) is 1.28. The zero-order valence-electron chi connectivity index (χ0n) is 11.1. The van der Waals surface area contributed by atoms with E-state index in [2.05, 4.69) is 0 Å². The summed E-state index contributed by atoms with van der Waals surface area (Å²) in [5.74, 6) is -1.74. The first-order valence-electron chi connectivity index (χ1n) is 7.04. The van der Waals surface area contributed by atoms with Gasteiger partial charge in [-0.25, -0.2) is 8.78 Å². The lowest BCUT2D eigenvalue weighted by Crippen LogP contribution is -2.38. The van der Waals surface area contributed by atoms with Crippen LogP contribution in [-0.2, 0) is 9.53 Å².